The van der Waals surface area contributed by atoms with Crippen molar-refractivity contribution < 1.29 is 0 Å². The third kappa shape index (κ3) is 5.62. The molecular weight excluding hydrogens is 134 g/mol. The zero-order valence-electron chi connectivity index (χ0n) is 7.05. The molecule has 0 rings (SSSR count). The van der Waals surface area contributed by atoms with Gasteiger partial charge in [0, 0.05) is 6.04 Å². The van der Waals surface area contributed by atoms with Gasteiger partial charge in [0.25, 0.3) is 0 Å². The molecular formula is C10H17N. The molecule has 0 aliphatic rings. The van der Waals surface area contributed by atoms with Crippen LogP contribution in [0, 0.1) is 0 Å². The van der Waals surface area contributed by atoms with Gasteiger partial charge in [-0.15, -0.1) is 13.2 Å². The van der Waals surface area contributed by atoms with E-state index >= 15 is 0 Å². The normalized spacial score (nSPS) is 12.1. The van der Waals surface area contributed by atoms with Crippen molar-refractivity contribution in [3.63, 3.8) is 0 Å². The van der Waals surface area contributed by atoms with Crippen LogP contribution < -0.4 is 5.73 Å². The van der Waals surface area contributed by atoms with Gasteiger partial charge in [0.2, 0.25) is 0 Å². The van der Waals surface area contributed by atoms with Crippen molar-refractivity contribution in [3.05, 3.63) is 37.5 Å². The summed E-state index contributed by atoms with van der Waals surface area (Å²) in [6, 6.07) is 0.181. The summed E-state index contributed by atoms with van der Waals surface area (Å²) in [5, 5.41) is 0. The average Bonchev–Trinajstić information content (AvgIpc) is 1.87. The second-order valence-electron chi connectivity index (χ2n) is 2.73. The van der Waals surface area contributed by atoms with Crippen LogP contribution in [0.2, 0.25) is 0 Å². The van der Waals surface area contributed by atoms with Gasteiger partial charge in [0.1, 0.15) is 0 Å². The second kappa shape index (κ2) is 5.93. The highest BCUT2D eigenvalue weighted by molar-refractivity contribution is 5.02. The van der Waals surface area contributed by atoms with Crippen molar-refractivity contribution in [2.45, 2.75) is 25.3 Å². The topological polar surface area (TPSA) is 26.0 Å². The highest BCUT2D eigenvalue weighted by Crippen LogP contribution is 2.08. The number of nitrogens with two attached hydrogens (primary N) is 1. The summed E-state index contributed by atoms with van der Waals surface area (Å²) in [5.74, 6) is 0. The minimum atomic E-state index is 0.181. The number of hydrogen-bond donors (Lipinski definition) is 1. The lowest BCUT2D eigenvalue weighted by molar-refractivity contribution is 0.669. The van der Waals surface area contributed by atoms with E-state index in [0.29, 0.717) is 0 Å². The third-order valence-corrected chi connectivity index (χ3v) is 1.45. The molecule has 0 aliphatic carbocycles. The molecule has 0 heterocycles. The molecule has 11 heavy (non-hydrogen) atoms. The Kier molecular flexibility index (Phi) is 5.49. The summed E-state index contributed by atoms with van der Waals surface area (Å²) in [4.78, 5) is 0. The molecule has 62 valence electrons. The van der Waals surface area contributed by atoms with E-state index in [-0.39, 0.29) is 6.04 Å². The molecule has 1 atom stereocenters. The van der Waals surface area contributed by atoms with E-state index in [1.807, 2.05) is 12.2 Å². The Labute approximate surface area is 69.3 Å². The Morgan fingerprint density at radius 3 is 2.45 bits per heavy atom. The first-order chi connectivity index (χ1) is 5.20. The maximum absolute atomic E-state index is 5.75. The van der Waals surface area contributed by atoms with Crippen LogP contribution in [0.15, 0.2) is 37.5 Å². The lowest BCUT2D eigenvalue weighted by Gasteiger charge is -2.09. The van der Waals surface area contributed by atoms with Crippen LogP contribution in [0.5, 0.6) is 0 Å². The number of allylic oxidation sites excluding steroid dienone is 1. The monoisotopic (exact) mass is 151 g/mol. The fraction of sp³-hybridized carbons (Fsp3) is 0.400. The highest BCUT2D eigenvalue weighted by Gasteiger charge is 2.00. The molecule has 0 spiro atoms. The van der Waals surface area contributed by atoms with Crippen molar-refractivity contribution in [3.8, 4) is 0 Å². The van der Waals surface area contributed by atoms with Gasteiger partial charge in [0.15, 0.2) is 0 Å². The molecule has 0 aromatic rings. The lowest BCUT2D eigenvalue weighted by Crippen LogP contribution is -2.19. The molecule has 0 aliphatic heterocycles. The Morgan fingerprint density at radius 2 is 2.00 bits per heavy atom. The predicted molar refractivity (Wildman–Crippen MR) is 51.4 cm³/mol. The largest absolute Gasteiger partial charge is 0.327 e. The summed E-state index contributed by atoms with van der Waals surface area (Å²) in [6.45, 7) is 11.1. The van der Waals surface area contributed by atoms with Crippen LogP contribution in [0.1, 0.15) is 19.3 Å². The summed E-state index contributed by atoms with van der Waals surface area (Å²) < 4.78 is 0. The molecule has 0 radical (unpaired) electrons. The van der Waals surface area contributed by atoms with E-state index in [4.69, 9.17) is 5.73 Å². The molecule has 0 saturated carbocycles. The third-order valence-electron chi connectivity index (χ3n) is 1.45. The average molecular weight is 151 g/mol. The van der Waals surface area contributed by atoms with E-state index in [0.717, 1.165) is 24.8 Å². The fourth-order valence-corrected chi connectivity index (χ4v) is 0.956. The van der Waals surface area contributed by atoms with Crippen molar-refractivity contribution >= 4 is 0 Å². The van der Waals surface area contributed by atoms with Gasteiger partial charge < -0.3 is 5.73 Å². The van der Waals surface area contributed by atoms with E-state index < -0.39 is 0 Å². The first-order valence-corrected chi connectivity index (χ1v) is 3.84. The molecule has 1 unspecified atom stereocenters. The molecule has 1 heteroatoms. The molecule has 0 aromatic heterocycles. The summed E-state index contributed by atoms with van der Waals surface area (Å²) in [5.41, 5.74) is 6.90. The van der Waals surface area contributed by atoms with E-state index in [1.165, 1.54) is 0 Å². The minimum absolute atomic E-state index is 0.181. The van der Waals surface area contributed by atoms with Gasteiger partial charge in [-0.25, -0.2) is 0 Å². The summed E-state index contributed by atoms with van der Waals surface area (Å²) in [6.07, 6.45) is 6.29. The van der Waals surface area contributed by atoms with Crippen LogP contribution in [0.3, 0.4) is 0 Å². The maximum Gasteiger partial charge on any atom is 0.0111 e. The van der Waals surface area contributed by atoms with E-state index in [1.54, 1.807) is 0 Å². The van der Waals surface area contributed by atoms with Crippen LogP contribution in [0.25, 0.3) is 0 Å². The van der Waals surface area contributed by atoms with Gasteiger partial charge in [-0.05, 0) is 19.3 Å². The Balaban J connectivity index is 3.55. The van der Waals surface area contributed by atoms with Gasteiger partial charge in [-0.3, -0.25) is 0 Å². The molecule has 0 fully saturated rings. The zero-order valence-corrected chi connectivity index (χ0v) is 7.05. The number of hydrogen-bond acceptors (Lipinski definition) is 1. The van der Waals surface area contributed by atoms with Crippen LogP contribution in [-0.2, 0) is 0 Å². The van der Waals surface area contributed by atoms with Gasteiger partial charge in [-0.2, -0.15) is 0 Å². The smallest absolute Gasteiger partial charge is 0.0111 e. The lowest BCUT2D eigenvalue weighted by atomic mass is 10.0. The van der Waals surface area contributed by atoms with Crippen molar-refractivity contribution in [2.24, 2.45) is 5.73 Å². The number of rotatable bonds is 6. The van der Waals surface area contributed by atoms with E-state index in [9.17, 15) is 0 Å². The van der Waals surface area contributed by atoms with Crippen molar-refractivity contribution in [1.82, 2.24) is 0 Å². The SMILES string of the molecule is C=CCC(=C)CC(N)CC=C. The zero-order chi connectivity index (χ0) is 8.69. The quantitative estimate of drug-likeness (QED) is 0.580. The molecule has 2 N–H and O–H groups in total. The van der Waals surface area contributed by atoms with Crippen molar-refractivity contribution in [2.75, 3.05) is 0 Å². The standard InChI is InChI=1S/C10H17N/c1-4-6-9(3)8-10(11)7-5-2/h4-5,10H,1-3,6-8,11H2. The van der Waals surface area contributed by atoms with Gasteiger partial charge >= 0.3 is 0 Å². The van der Waals surface area contributed by atoms with Crippen molar-refractivity contribution in [1.29, 1.82) is 0 Å². The Hall–Kier alpha value is -0.820. The molecule has 0 bridgehead atoms. The van der Waals surface area contributed by atoms with Crippen LogP contribution in [-0.4, -0.2) is 6.04 Å². The Bertz CT molecular complexity index is 147. The van der Waals surface area contributed by atoms with Gasteiger partial charge in [0.05, 0.1) is 0 Å². The predicted octanol–water partition coefficient (Wildman–Crippen LogP) is 2.41. The minimum Gasteiger partial charge on any atom is -0.327 e. The first kappa shape index (κ1) is 10.2. The molecule has 0 aromatic carbocycles. The molecule has 0 saturated heterocycles. The summed E-state index contributed by atoms with van der Waals surface area (Å²) >= 11 is 0. The van der Waals surface area contributed by atoms with Crippen LogP contribution in [0.4, 0.5) is 0 Å². The summed E-state index contributed by atoms with van der Waals surface area (Å²) in [7, 11) is 0. The maximum atomic E-state index is 5.75. The molecule has 0 amide bonds. The Morgan fingerprint density at radius 1 is 1.36 bits per heavy atom. The second-order valence-corrected chi connectivity index (χ2v) is 2.73. The highest BCUT2D eigenvalue weighted by atomic mass is 14.6. The fourth-order valence-electron chi connectivity index (χ4n) is 0.956. The van der Waals surface area contributed by atoms with Gasteiger partial charge in [-0.1, -0.05) is 24.3 Å². The molecule has 1 nitrogen and oxygen atoms in total. The van der Waals surface area contributed by atoms with E-state index in [2.05, 4.69) is 19.7 Å². The van der Waals surface area contributed by atoms with Crippen LogP contribution >= 0.6 is 0 Å². The first-order valence-electron chi connectivity index (χ1n) is 3.84.